The summed E-state index contributed by atoms with van der Waals surface area (Å²) in [5.74, 6) is 1.46. The second-order valence-corrected chi connectivity index (χ2v) is 6.34. The van der Waals surface area contributed by atoms with Gasteiger partial charge in [0.2, 0.25) is 0 Å². The quantitative estimate of drug-likeness (QED) is 0.361. The molecule has 0 bridgehead atoms. The molecule has 3 aromatic rings. The van der Waals surface area contributed by atoms with Crippen LogP contribution in [0.5, 0.6) is 0 Å². The van der Waals surface area contributed by atoms with E-state index in [-0.39, 0.29) is 12.5 Å². The van der Waals surface area contributed by atoms with Crippen molar-refractivity contribution in [3.8, 4) is 11.5 Å². The van der Waals surface area contributed by atoms with Crippen LogP contribution in [0.1, 0.15) is 11.5 Å². The maximum Gasteiger partial charge on any atom is 0.312 e. The number of furan rings is 1. The second kappa shape index (κ2) is 8.81. The summed E-state index contributed by atoms with van der Waals surface area (Å²) in [7, 11) is 0. The van der Waals surface area contributed by atoms with Gasteiger partial charge < -0.3 is 26.5 Å². The number of urea groups is 1. The van der Waals surface area contributed by atoms with E-state index >= 15 is 0 Å². The molecule has 9 nitrogen and oxygen atoms in total. The second-order valence-electron chi connectivity index (χ2n) is 5.48. The van der Waals surface area contributed by atoms with Crippen molar-refractivity contribution >= 4 is 28.5 Å². The number of nitrogens with one attached hydrogen (secondary N) is 2. The maximum absolute atomic E-state index is 10.7. The summed E-state index contributed by atoms with van der Waals surface area (Å²) in [5.41, 5.74) is 12.6. The van der Waals surface area contributed by atoms with E-state index in [1.165, 1.54) is 11.3 Å². The molecule has 0 saturated carbocycles. The monoisotopic (exact) mass is 385 g/mol. The van der Waals surface area contributed by atoms with E-state index in [4.69, 9.17) is 15.9 Å². The molecule has 6 N–H and O–H groups in total. The molecule has 0 unspecified atom stereocenters. The Kier molecular flexibility index (Phi) is 6.00. The molecule has 2 amide bonds. The van der Waals surface area contributed by atoms with Gasteiger partial charge in [-0.2, -0.15) is 0 Å². The lowest BCUT2D eigenvalue weighted by Crippen LogP contribution is -2.28. The first-order valence-electron chi connectivity index (χ1n) is 8.15. The molecule has 3 heterocycles. The summed E-state index contributed by atoms with van der Waals surface area (Å²) >= 11 is 1.38. The van der Waals surface area contributed by atoms with E-state index < -0.39 is 6.03 Å². The van der Waals surface area contributed by atoms with Gasteiger partial charge in [-0.3, -0.25) is 9.98 Å². The molecular formula is C17H19N7O2S. The molecule has 10 heteroatoms. The minimum absolute atomic E-state index is 0.223. The lowest BCUT2D eigenvalue weighted by molar-refractivity contribution is 0.247. The minimum atomic E-state index is -0.606. The number of primary amides is 1. The maximum atomic E-state index is 10.7. The van der Waals surface area contributed by atoms with Crippen LogP contribution in [0.2, 0.25) is 0 Å². The Morgan fingerprint density at radius 3 is 2.93 bits per heavy atom. The van der Waals surface area contributed by atoms with Gasteiger partial charge in [-0.1, -0.05) is 6.07 Å². The molecular weight excluding hydrogens is 366 g/mol. The largest absolute Gasteiger partial charge is 0.458 e. The number of rotatable bonds is 7. The van der Waals surface area contributed by atoms with Gasteiger partial charge in [0.05, 0.1) is 6.54 Å². The highest BCUT2D eigenvalue weighted by Crippen LogP contribution is 2.26. The number of hydrogen-bond donors (Lipinski definition) is 4. The number of aromatic nitrogens is 2. The molecule has 3 rings (SSSR count). The van der Waals surface area contributed by atoms with Crippen molar-refractivity contribution in [3.63, 3.8) is 0 Å². The predicted octanol–water partition coefficient (Wildman–Crippen LogP) is 1.94. The molecule has 0 spiro atoms. The molecule has 0 atom stereocenters. The SMILES string of the molecule is NC(=O)NCc1ccc(-c2csc(NC(N)=NCCc3ccccn3)n2)o1. The minimum Gasteiger partial charge on any atom is -0.458 e. The number of thiazole rings is 1. The molecule has 0 saturated heterocycles. The smallest absolute Gasteiger partial charge is 0.312 e. The van der Waals surface area contributed by atoms with Gasteiger partial charge in [0.1, 0.15) is 11.5 Å². The Labute approximate surface area is 159 Å². The zero-order chi connectivity index (χ0) is 19.1. The van der Waals surface area contributed by atoms with Crippen LogP contribution >= 0.6 is 11.3 Å². The molecule has 0 fully saturated rings. The van der Waals surface area contributed by atoms with E-state index in [0.717, 1.165) is 5.69 Å². The fourth-order valence-corrected chi connectivity index (χ4v) is 2.92. The number of hydrogen-bond acceptors (Lipinski definition) is 6. The summed E-state index contributed by atoms with van der Waals surface area (Å²) in [6.45, 7) is 0.753. The summed E-state index contributed by atoms with van der Waals surface area (Å²) < 4.78 is 5.63. The standard InChI is InChI=1S/C17H19N7O2S/c18-15(21-8-6-11-3-1-2-7-20-11)24-17-23-13(10-27-17)14-5-4-12(26-14)9-22-16(19)25/h1-5,7,10H,6,8-9H2,(H3,19,22,25)(H3,18,21,23,24). The van der Waals surface area contributed by atoms with E-state index in [2.05, 4.69) is 25.6 Å². The Bertz CT molecular complexity index is 920. The Balaban J connectivity index is 1.54. The number of carbonyl (C=O) groups excluding carboxylic acids is 1. The fraction of sp³-hybridized carbons (Fsp3) is 0.176. The van der Waals surface area contributed by atoms with E-state index in [9.17, 15) is 4.79 Å². The highest BCUT2D eigenvalue weighted by molar-refractivity contribution is 7.14. The number of carbonyl (C=O) groups is 1. The first-order chi connectivity index (χ1) is 13.1. The van der Waals surface area contributed by atoms with Crippen molar-refractivity contribution in [2.45, 2.75) is 13.0 Å². The first-order valence-corrected chi connectivity index (χ1v) is 9.03. The lowest BCUT2D eigenvalue weighted by atomic mass is 10.3. The first kappa shape index (κ1) is 18.4. The van der Waals surface area contributed by atoms with E-state index in [0.29, 0.717) is 35.3 Å². The van der Waals surface area contributed by atoms with E-state index in [1.807, 2.05) is 23.6 Å². The topological polar surface area (TPSA) is 144 Å². The average Bonchev–Trinajstić information content (AvgIpc) is 3.30. The van der Waals surface area contributed by atoms with Crippen LogP contribution in [0.25, 0.3) is 11.5 Å². The van der Waals surface area contributed by atoms with E-state index in [1.54, 1.807) is 18.3 Å². The highest BCUT2D eigenvalue weighted by atomic mass is 32.1. The van der Waals surface area contributed by atoms with Crippen molar-refractivity contribution in [3.05, 3.63) is 53.4 Å². The fourth-order valence-electron chi connectivity index (χ4n) is 2.22. The van der Waals surface area contributed by atoms with Crippen molar-refractivity contribution < 1.29 is 9.21 Å². The van der Waals surface area contributed by atoms with Crippen LogP contribution < -0.4 is 22.1 Å². The zero-order valence-corrected chi connectivity index (χ0v) is 15.2. The van der Waals surface area contributed by atoms with Gasteiger partial charge in [-0.05, 0) is 24.3 Å². The normalized spacial score (nSPS) is 11.3. The third-order valence-corrected chi connectivity index (χ3v) is 4.22. The van der Waals surface area contributed by atoms with Crippen LogP contribution in [0, 0.1) is 0 Å². The third kappa shape index (κ3) is 5.54. The third-order valence-electron chi connectivity index (χ3n) is 3.47. The Hall–Kier alpha value is -3.40. The van der Waals surface area contributed by atoms with Crippen molar-refractivity contribution in [2.75, 3.05) is 11.9 Å². The van der Waals surface area contributed by atoms with Crippen LogP contribution in [-0.4, -0.2) is 28.5 Å². The zero-order valence-electron chi connectivity index (χ0n) is 14.4. The molecule has 0 aromatic carbocycles. The number of pyridine rings is 1. The summed E-state index contributed by atoms with van der Waals surface area (Å²) in [4.78, 5) is 23.7. The van der Waals surface area contributed by atoms with Crippen molar-refractivity contribution in [2.24, 2.45) is 16.5 Å². The Morgan fingerprint density at radius 2 is 2.15 bits per heavy atom. The highest BCUT2D eigenvalue weighted by Gasteiger charge is 2.10. The molecule has 0 aliphatic carbocycles. The van der Waals surface area contributed by atoms with Gasteiger partial charge in [-0.15, -0.1) is 11.3 Å². The molecule has 0 aliphatic rings. The number of nitrogens with two attached hydrogens (primary N) is 2. The van der Waals surface area contributed by atoms with Gasteiger partial charge in [0, 0.05) is 30.2 Å². The number of nitrogens with zero attached hydrogens (tertiary/aromatic N) is 3. The van der Waals surface area contributed by atoms with Gasteiger partial charge in [-0.25, -0.2) is 9.78 Å². The number of amides is 2. The summed E-state index contributed by atoms with van der Waals surface area (Å²) in [6, 6.07) is 8.69. The molecule has 27 heavy (non-hydrogen) atoms. The van der Waals surface area contributed by atoms with Crippen LogP contribution in [-0.2, 0) is 13.0 Å². The summed E-state index contributed by atoms with van der Waals surface area (Å²) in [6.07, 6.45) is 2.46. The van der Waals surface area contributed by atoms with Gasteiger partial charge >= 0.3 is 6.03 Å². The van der Waals surface area contributed by atoms with Gasteiger partial charge in [0.25, 0.3) is 0 Å². The molecule has 0 radical (unpaired) electrons. The number of guanidine groups is 1. The van der Waals surface area contributed by atoms with Crippen molar-refractivity contribution in [1.29, 1.82) is 0 Å². The van der Waals surface area contributed by atoms with Gasteiger partial charge in [0.15, 0.2) is 16.9 Å². The number of anilines is 1. The predicted molar refractivity (Wildman–Crippen MR) is 104 cm³/mol. The number of aliphatic imine (C=N–C) groups is 1. The van der Waals surface area contributed by atoms with Crippen LogP contribution in [0.4, 0.5) is 9.93 Å². The average molecular weight is 385 g/mol. The molecule has 0 aliphatic heterocycles. The summed E-state index contributed by atoms with van der Waals surface area (Å²) in [5, 5.41) is 7.88. The van der Waals surface area contributed by atoms with Crippen molar-refractivity contribution in [1.82, 2.24) is 15.3 Å². The van der Waals surface area contributed by atoms with Crippen LogP contribution in [0.15, 0.2) is 51.3 Å². The van der Waals surface area contributed by atoms with Crippen LogP contribution in [0.3, 0.4) is 0 Å². The molecule has 3 aromatic heterocycles. The Morgan fingerprint density at radius 1 is 1.26 bits per heavy atom. The lowest BCUT2D eigenvalue weighted by Gasteiger charge is -2.01. The molecule has 140 valence electrons.